The first-order chi connectivity index (χ1) is 20.7. The largest absolute Gasteiger partial charge is 0.494 e. The van der Waals surface area contributed by atoms with Gasteiger partial charge >= 0.3 is 5.97 Å². The Bertz CT molecular complexity index is 1470. The van der Waals surface area contributed by atoms with Gasteiger partial charge < -0.3 is 24.6 Å². The van der Waals surface area contributed by atoms with Crippen molar-refractivity contribution in [3.8, 4) is 17.2 Å². The third-order valence-electron chi connectivity index (χ3n) is 8.09. The monoisotopic (exact) mass is 610 g/mol. The second kappa shape index (κ2) is 13.2. The van der Waals surface area contributed by atoms with Crippen molar-refractivity contribution in [2.24, 2.45) is 5.92 Å². The number of carboxylic acids is 1. The van der Waals surface area contributed by atoms with Crippen LogP contribution in [0, 0.1) is 11.7 Å². The highest BCUT2D eigenvalue weighted by Gasteiger charge is 2.48. The number of carboxylic acid groups (broad SMARTS) is 1. The lowest BCUT2D eigenvalue weighted by Gasteiger charge is -2.27. The number of nitrogens with one attached hydrogen (secondary N) is 1. The molecule has 2 aliphatic rings. The number of aryl methyl sites for hydroxylation is 2. The van der Waals surface area contributed by atoms with E-state index < -0.39 is 29.7 Å². The quantitative estimate of drug-likeness (QED) is 0.252. The molecule has 0 aromatic heterocycles. The highest BCUT2D eigenvalue weighted by molar-refractivity contribution is 6.30. The number of aliphatic carboxylic acids is 1. The molecular formula is C33H36ClFN2O6. The van der Waals surface area contributed by atoms with Crippen LogP contribution in [0.3, 0.4) is 0 Å². The van der Waals surface area contributed by atoms with Crippen LogP contribution in [0.25, 0.3) is 0 Å². The van der Waals surface area contributed by atoms with E-state index in [2.05, 4.69) is 5.32 Å². The average molecular weight is 611 g/mol. The Kier molecular flexibility index (Phi) is 9.42. The topological polar surface area (TPSA) is 97.3 Å². The van der Waals surface area contributed by atoms with Crippen LogP contribution in [-0.2, 0) is 22.4 Å². The minimum absolute atomic E-state index is 0.0190. The molecule has 1 fully saturated rings. The van der Waals surface area contributed by atoms with Gasteiger partial charge in [0.2, 0.25) is 18.4 Å². The molecule has 3 aromatic carbocycles. The number of nitrogens with zero attached hydrogens (tertiary/aromatic N) is 1. The van der Waals surface area contributed by atoms with Gasteiger partial charge in [-0.1, -0.05) is 44.5 Å². The molecule has 2 N–H and O–H groups in total. The molecule has 0 radical (unpaired) electrons. The summed E-state index contributed by atoms with van der Waals surface area (Å²) in [5.41, 5.74) is 3.79. The van der Waals surface area contributed by atoms with Crippen molar-refractivity contribution in [2.75, 3.05) is 31.8 Å². The van der Waals surface area contributed by atoms with Crippen molar-refractivity contribution >= 4 is 29.2 Å². The molecule has 3 atom stereocenters. The summed E-state index contributed by atoms with van der Waals surface area (Å²) in [6, 6.07) is 13.3. The number of rotatable bonds is 11. The van der Waals surface area contributed by atoms with E-state index in [1.165, 1.54) is 6.07 Å². The van der Waals surface area contributed by atoms with Crippen molar-refractivity contribution < 1.29 is 33.3 Å². The number of likely N-dealkylation sites (tertiary alicyclic amines) is 1. The summed E-state index contributed by atoms with van der Waals surface area (Å²) >= 11 is 6.32. The van der Waals surface area contributed by atoms with Gasteiger partial charge in [-0.3, -0.25) is 14.5 Å². The number of halogens is 2. The number of fused-ring (bicyclic) bond motifs is 1. The zero-order valence-corrected chi connectivity index (χ0v) is 25.2. The molecule has 2 aliphatic heterocycles. The van der Waals surface area contributed by atoms with Crippen LogP contribution in [0.4, 0.5) is 10.1 Å². The summed E-state index contributed by atoms with van der Waals surface area (Å²) < 4.78 is 31.4. The predicted molar refractivity (Wildman–Crippen MR) is 162 cm³/mol. The minimum Gasteiger partial charge on any atom is -0.494 e. The highest BCUT2D eigenvalue weighted by Crippen LogP contribution is 2.48. The molecule has 0 bridgehead atoms. The lowest BCUT2D eigenvalue weighted by atomic mass is 9.82. The van der Waals surface area contributed by atoms with Crippen LogP contribution >= 0.6 is 11.6 Å². The number of hydrogen-bond donors (Lipinski definition) is 2. The second-order valence-corrected chi connectivity index (χ2v) is 11.3. The van der Waals surface area contributed by atoms with Crippen LogP contribution in [0.5, 0.6) is 17.2 Å². The SMILES string of the molecule is CCCOc1ccc([C@H]2C(C(=O)O)[C@@H](c3cc(F)c4c(c3)OCO4)CN2CC(=O)Nc2c(CC)cc(Cl)cc2CC)cc1. The van der Waals surface area contributed by atoms with Gasteiger partial charge in [0.1, 0.15) is 5.75 Å². The molecule has 0 saturated carbocycles. The molecule has 1 saturated heterocycles. The molecule has 8 nitrogen and oxygen atoms in total. The van der Waals surface area contributed by atoms with Crippen LogP contribution in [0.1, 0.15) is 61.4 Å². The lowest BCUT2D eigenvalue weighted by molar-refractivity contribution is -0.143. The average Bonchev–Trinajstić information content (AvgIpc) is 3.62. The number of amides is 1. The molecule has 43 heavy (non-hydrogen) atoms. The van der Waals surface area contributed by atoms with Gasteiger partial charge in [-0.05, 0) is 77.9 Å². The minimum atomic E-state index is -1.04. The first kappa shape index (κ1) is 30.6. The Morgan fingerprint density at radius 1 is 1.05 bits per heavy atom. The summed E-state index contributed by atoms with van der Waals surface area (Å²) in [5.74, 6) is -2.58. The molecule has 2 heterocycles. The number of anilines is 1. The van der Waals surface area contributed by atoms with Crippen LogP contribution in [0.2, 0.25) is 5.02 Å². The number of hydrogen-bond acceptors (Lipinski definition) is 6. The van der Waals surface area contributed by atoms with Gasteiger partial charge in [0.15, 0.2) is 11.6 Å². The normalized spacial score (nSPS) is 19.4. The molecule has 1 unspecified atom stereocenters. The van der Waals surface area contributed by atoms with Gasteiger partial charge in [0, 0.05) is 29.2 Å². The summed E-state index contributed by atoms with van der Waals surface area (Å²) in [5, 5.41) is 14.2. The van der Waals surface area contributed by atoms with Crippen molar-refractivity contribution in [1.82, 2.24) is 4.90 Å². The number of ether oxygens (including phenoxy) is 3. The maximum atomic E-state index is 15.0. The van der Waals surface area contributed by atoms with Crippen LogP contribution < -0.4 is 19.5 Å². The van der Waals surface area contributed by atoms with E-state index in [1.54, 1.807) is 6.07 Å². The second-order valence-electron chi connectivity index (χ2n) is 10.9. The van der Waals surface area contributed by atoms with Gasteiger partial charge in [0.05, 0.1) is 19.1 Å². The van der Waals surface area contributed by atoms with E-state index in [1.807, 2.05) is 62.1 Å². The van der Waals surface area contributed by atoms with E-state index in [0.29, 0.717) is 35.8 Å². The van der Waals surface area contributed by atoms with Crippen molar-refractivity contribution in [1.29, 1.82) is 0 Å². The molecule has 228 valence electrons. The first-order valence-corrected chi connectivity index (χ1v) is 15.0. The standard InChI is InChI=1S/C33H36ClFN2O6/c1-4-11-41-24-9-7-21(8-10-24)31-29(33(39)40)25(22-14-26(35)32-27(15-22)42-18-43-32)16-37(31)17-28(38)36-30-19(5-2)12-23(34)13-20(30)6-3/h7-10,12-15,25,29,31H,4-6,11,16-18H2,1-3H3,(H,36,38)(H,39,40)/t25-,29?,31+/m1/s1. The Labute approximate surface area is 255 Å². The van der Waals surface area contributed by atoms with Gasteiger partial charge in [-0.15, -0.1) is 0 Å². The molecular weight excluding hydrogens is 575 g/mol. The zero-order valence-electron chi connectivity index (χ0n) is 24.5. The van der Waals surface area contributed by atoms with E-state index in [4.69, 9.17) is 25.8 Å². The van der Waals surface area contributed by atoms with Gasteiger partial charge in [0.25, 0.3) is 0 Å². The third kappa shape index (κ3) is 6.43. The van der Waals surface area contributed by atoms with E-state index in [0.717, 1.165) is 28.8 Å². The van der Waals surface area contributed by atoms with Gasteiger partial charge in [-0.2, -0.15) is 0 Å². The Morgan fingerprint density at radius 3 is 2.37 bits per heavy atom. The van der Waals surface area contributed by atoms with Crippen molar-refractivity contribution in [3.63, 3.8) is 0 Å². The fourth-order valence-electron chi connectivity index (χ4n) is 6.12. The van der Waals surface area contributed by atoms with Crippen LogP contribution in [0.15, 0.2) is 48.5 Å². The van der Waals surface area contributed by atoms with E-state index in [-0.39, 0.29) is 37.3 Å². The lowest BCUT2D eigenvalue weighted by Crippen LogP contribution is -2.35. The Morgan fingerprint density at radius 2 is 1.74 bits per heavy atom. The molecule has 1 amide bonds. The molecule has 10 heteroatoms. The number of carbonyl (C=O) groups excluding carboxylic acids is 1. The summed E-state index contributed by atoms with van der Waals surface area (Å²) in [6.07, 6.45) is 2.22. The van der Waals surface area contributed by atoms with Crippen molar-refractivity contribution in [3.05, 3.63) is 81.6 Å². The van der Waals surface area contributed by atoms with Crippen molar-refractivity contribution in [2.45, 2.75) is 52.0 Å². The number of carbonyl (C=O) groups is 2. The highest BCUT2D eigenvalue weighted by atomic mass is 35.5. The molecule has 0 aliphatic carbocycles. The van der Waals surface area contributed by atoms with Crippen LogP contribution in [-0.4, -0.2) is 48.4 Å². The molecule has 0 spiro atoms. The fourth-order valence-corrected chi connectivity index (χ4v) is 6.38. The summed E-state index contributed by atoms with van der Waals surface area (Å²) in [6.45, 7) is 6.62. The van der Waals surface area contributed by atoms with E-state index >= 15 is 0 Å². The molecule has 3 aromatic rings. The smallest absolute Gasteiger partial charge is 0.309 e. The maximum absolute atomic E-state index is 15.0. The summed E-state index contributed by atoms with van der Waals surface area (Å²) in [7, 11) is 0. The maximum Gasteiger partial charge on any atom is 0.309 e. The first-order valence-electron chi connectivity index (χ1n) is 14.6. The fraction of sp³-hybridized carbons (Fsp3) is 0.394. The predicted octanol–water partition coefficient (Wildman–Crippen LogP) is 6.60. The molecule has 5 rings (SSSR count). The third-order valence-corrected chi connectivity index (χ3v) is 8.31. The Balaban J connectivity index is 1.50. The Hall–Kier alpha value is -3.82. The van der Waals surface area contributed by atoms with E-state index in [9.17, 15) is 19.1 Å². The summed E-state index contributed by atoms with van der Waals surface area (Å²) in [4.78, 5) is 28.4. The zero-order chi connectivity index (χ0) is 30.7. The number of benzene rings is 3. The van der Waals surface area contributed by atoms with Gasteiger partial charge in [-0.25, -0.2) is 4.39 Å².